The average Bonchev–Trinajstić information content (AvgIpc) is 2.70. The monoisotopic (exact) mass is 400 g/mol. The van der Waals surface area contributed by atoms with Crippen LogP contribution in [0.25, 0.3) is 11.1 Å². The number of halogens is 1. The van der Waals surface area contributed by atoms with Crippen molar-refractivity contribution in [2.45, 2.75) is 19.9 Å². The number of fused-ring (bicyclic) bond motifs is 1. The predicted octanol–water partition coefficient (Wildman–Crippen LogP) is 4.06. The van der Waals surface area contributed by atoms with Crippen LogP contribution in [0.5, 0.6) is 5.75 Å². The molecule has 1 amide bonds. The molecule has 2 N–H and O–H groups in total. The maximum atomic E-state index is 14.8. The van der Waals surface area contributed by atoms with Gasteiger partial charge >= 0.3 is 6.09 Å². The molecule has 0 spiro atoms. The Labute approximate surface area is 169 Å². The van der Waals surface area contributed by atoms with E-state index in [4.69, 9.17) is 9.47 Å². The summed E-state index contributed by atoms with van der Waals surface area (Å²) in [5.74, 6) is 0.354. The van der Waals surface area contributed by atoms with E-state index >= 15 is 0 Å². The van der Waals surface area contributed by atoms with Crippen LogP contribution >= 0.6 is 0 Å². The molecule has 7 heteroatoms. The van der Waals surface area contributed by atoms with Crippen molar-refractivity contribution in [3.63, 3.8) is 0 Å². The molecule has 154 valence electrons. The fourth-order valence-electron chi connectivity index (χ4n) is 3.99. The summed E-state index contributed by atoms with van der Waals surface area (Å²) in [6.07, 6.45) is -1.07. The van der Waals surface area contributed by atoms with E-state index in [0.29, 0.717) is 44.3 Å². The lowest BCUT2D eigenvalue weighted by molar-refractivity contribution is 0.0996. The van der Waals surface area contributed by atoms with Crippen molar-refractivity contribution >= 4 is 11.8 Å². The molecule has 1 fully saturated rings. The number of hydrogen-bond donors (Lipinski definition) is 2. The van der Waals surface area contributed by atoms with Crippen molar-refractivity contribution in [1.82, 2.24) is 5.32 Å². The summed E-state index contributed by atoms with van der Waals surface area (Å²) in [5, 5.41) is 11.8. The zero-order valence-corrected chi connectivity index (χ0v) is 16.6. The Morgan fingerprint density at radius 3 is 2.55 bits per heavy atom. The molecule has 2 heterocycles. The summed E-state index contributed by atoms with van der Waals surface area (Å²) in [6.45, 7) is 6.87. The maximum Gasteiger partial charge on any atom is 0.405 e. The largest absolute Gasteiger partial charge is 0.493 e. The Balaban J connectivity index is 1.64. The molecule has 6 nitrogen and oxygen atoms in total. The summed E-state index contributed by atoms with van der Waals surface area (Å²) >= 11 is 0. The molecule has 2 aliphatic heterocycles. The lowest BCUT2D eigenvalue weighted by Gasteiger charge is -2.39. The van der Waals surface area contributed by atoms with Gasteiger partial charge in [0.2, 0.25) is 0 Å². The molecule has 4 rings (SSSR count). The number of carboxylic acid groups (broad SMARTS) is 1. The summed E-state index contributed by atoms with van der Waals surface area (Å²) < 4.78 is 26.0. The quantitative estimate of drug-likeness (QED) is 0.813. The van der Waals surface area contributed by atoms with Crippen molar-refractivity contribution in [2.24, 2.45) is 5.41 Å². The summed E-state index contributed by atoms with van der Waals surface area (Å²) in [5.41, 5.74) is 2.57. The number of anilines is 1. The SMILES string of the molecule is CC1(C)COc2cc(-c3ccc(N4CCOCC4)c(F)c3)ccc2C1NC(=O)O. The van der Waals surface area contributed by atoms with Crippen LogP contribution in [0.1, 0.15) is 25.5 Å². The van der Waals surface area contributed by atoms with Crippen molar-refractivity contribution in [3.8, 4) is 16.9 Å². The topological polar surface area (TPSA) is 71.0 Å². The van der Waals surface area contributed by atoms with Gasteiger partial charge in [-0.3, -0.25) is 0 Å². The second-order valence-corrected chi connectivity index (χ2v) is 8.18. The number of carbonyl (C=O) groups is 1. The highest BCUT2D eigenvalue weighted by Gasteiger charge is 2.38. The van der Waals surface area contributed by atoms with Crippen LogP contribution in [0, 0.1) is 11.2 Å². The highest BCUT2D eigenvalue weighted by Crippen LogP contribution is 2.44. The number of nitrogens with one attached hydrogen (secondary N) is 1. The zero-order valence-electron chi connectivity index (χ0n) is 16.6. The normalized spacial score (nSPS) is 20.5. The molecular formula is C22H25FN2O4. The minimum absolute atomic E-state index is 0.269. The third-order valence-electron chi connectivity index (χ3n) is 5.61. The molecule has 2 aliphatic rings. The number of morpholine rings is 1. The van der Waals surface area contributed by atoms with Crippen LogP contribution in [0.2, 0.25) is 0 Å². The van der Waals surface area contributed by atoms with E-state index in [2.05, 4.69) is 5.32 Å². The maximum absolute atomic E-state index is 14.8. The van der Waals surface area contributed by atoms with Crippen molar-refractivity contribution in [1.29, 1.82) is 0 Å². The smallest absolute Gasteiger partial charge is 0.405 e. The lowest BCUT2D eigenvalue weighted by atomic mass is 9.78. The summed E-state index contributed by atoms with van der Waals surface area (Å²) in [4.78, 5) is 13.2. The first-order valence-corrected chi connectivity index (χ1v) is 9.74. The molecule has 1 saturated heterocycles. The lowest BCUT2D eigenvalue weighted by Crippen LogP contribution is -2.43. The van der Waals surface area contributed by atoms with Gasteiger partial charge in [0.1, 0.15) is 11.6 Å². The Hall–Kier alpha value is -2.80. The molecule has 1 atom stereocenters. The van der Waals surface area contributed by atoms with Crippen LogP contribution < -0.4 is 15.0 Å². The Morgan fingerprint density at radius 1 is 1.17 bits per heavy atom. The molecular weight excluding hydrogens is 375 g/mol. The highest BCUT2D eigenvalue weighted by molar-refractivity contribution is 5.70. The Morgan fingerprint density at radius 2 is 1.86 bits per heavy atom. The first kappa shape index (κ1) is 19.5. The highest BCUT2D eigenvalue weighted by atomic mass is 19.1. The van der Waals surface area contributed by atoms with Crippen LogP contribution in [-0.2, 0) is 4.74 Å². The molecule has 2 aromatic carbocycles. The van der Waals surface area contributed by atoms with Crippen molar-refractivity contribution in [2.75, 3.05) is 37.8 Å². The molecule has 0 saturated carbocycles. The van der Waals surface area contributed by atoms with E-state index in [-0.39, 0.29) is 17.3 Å². The number of nitrogens with zero attached hydrogens (tertiary/aromatic N) is 1. The minimum atomic E-state index is -1.07. The van der Waals surface area contributed by atoms with Gasteiger partial charge in [0.15, 0.2) is 0 Å². The number of amides is 1. The third kappa shape index (κ3) is 3.87. The Kier molecular flexibility index (Phi) is 5.08. The second-order valence-electron chi connectivity index (χ2n) is 8.18. The van der Waals surface area contributed by atoms with E-state index in [1.54, 1.807) is 6.07 Å². The molecule has 0 bridgehead atoms. The summed E-state index contributed by atoms with van der Waals surface area (Å²) in [6, 6.07) is 10.4. The van der Waals surface area contributed by atoms with E-state index in [1.807, 2.05) is 43.0 Å². The first-order valence-electron chi connectivity index (χ1n) is 9.74. The van der Waals surface area contributed by atoms with E-state index < -0.39 is 6.09 Å². The van der Waals surface area contributed by atoms with Gasteiger partial charge in [-0.1, -0.05) is 32.0 Å². The van der Waals surface area contributed by atoms with E-state index in [1.165, 1.54) is 6.07 Å². The van der Waals surface area contributed by atoms with Crippen molar-refractivity contribution < 1.29 is 23.8 Å². The fraction of sp³-hybridized carbons (Fsp3) is 0.409. The number of ether oxygens (including phenoxy) is 2. The number of hydrogen-bond acceptors (Lipinski definition) is 4. The molecule has 0 aromatic heterocycles. The fourth-order valence-corrected chi connectivity index (χ4v) is 3.99. The van der Waals surface area contributed by atoms with Gasteiger partial charge in [0.25, 0.3) is 0 Å². The van der Waals surface area contributed by atoms with Gasteiger partial charge in [0.05, 0.1) is 31.5 Å². The summed E-state index contributed by atoms with van der Waals surface area (Å²) in [7, 11) is 0. The van der Waals surface area contributed by atoms with Crippen LogP contribution in [0.15, 0.2) is 36.4 Å². The molecule has 0 aliphatic carbocycles. The molecule has 0 radical (unpaired) electrons. The average molecular weight is 400 g/mol. The second kappa shape index (κ2) is 7.55. The minimum Gasteiger partial charge on any atom is -0.493 e. The van der Waals surface area contributed by atoms with Gasteiger partial charge in [-0.05, 0) is 29.3 Å². The molecule has 1 unspecified atom stereocenters. The van der Waals surface area contributed by atoms with E-state index in [0.717, 1.165) is 16.7 Å². The molecule has 2 aromatic rings. The third-order valence-corrected chi connectivity index (χ3v) is 5.61. The number of benzene rings is 2. The number of rotatable bonds is 3. The first-order chi connectivity index (χ1) is 13.8. The van der Waals surface area contributed by atoms with Crippen LogP contribution in [0.3, 0.4) is 0 Å². The van der Waals surface area contributed by atoms with Gasteiger partial charge in [-0.15, -0.1) is 0 Å². The van der Waals surface area contributed by atoms with Crippen LogP contribution in [-0.4, -0.2) is 44.1 Å². The van der Waals surface area contributed by atoms with Gasteiger partial charge in [-0.2, -0.15) is 0 Å². The van der Waals surface area contributed by atoms with Gasteiger partial charge in [-0.25, -0.2) is 9.18 Å². The van der Waals surface area contributed by atoms with Crippen LogP contribution in [0.4, 0.5) is 14.9 Å². The van der Waals surface area contributed by atoms with Gasteiger partial charge < -0.3 is 24.8 Å². The Bertz CT molecular complexity index is 925. The predicted molar refractivity (Wildman–Crippen MR) is 108 cm³/mol. The standard InChI is InChI=1S/C22H25FN2O4/c1-22(2)13-29-19-12-15(3-5-16(19)20(22)24-21(26)27)14-4-6-18(17(23)11-14)25-7-9-28-10-8-25/h3-6,11-12,20,24H,7-10,13H2,1-2H3,(H,26,27). The zero-order chi connectivity index (χ0) is 20.6. The van der Waals surface area contributed by atoms with E-state index in [9.17, 15) is 14.3 Å². The van der Waals surface area contributed by atoms with Crippen molar-refractivity contribution in [3.05, 3.63) is 47.8 Å². The molecule has 29 heavy (non-hydrogen) atoms. The van der Waals surface area contributed by atoms with Gasteiger partial charge in [0, 0.05) is 24.1 Å².